The van der Waals surface area contributed by atoms with E-state index in [9.17, 15) is 9.59 Å². The van der Waals surface area contributed by atoms with Gasteiger partial charge in [0.15, 0.2) is 0 Å². The average molecular weight is 299 g/mol. The average Bonchev–Trinajstić information content (AvgIpc) is 2.46. The van der Waals surface area contributed by atoms with Gasteiger partial charge in [-0.3, -0.25) is 4.79 Å². The largest absolute Gasteiger partial charge is 0.497 e. The number of benzene rings is 1. The standard InChI is InChI=1S/C13H17NO5S/c1-18-10-2-4-11(5-3-10)19-6-7-20-8-12(13(16)17)14-9-15/h2-5,9,12H,6-8H2,1H3,(H,14,15)(H,16,17). The second-order valence-electron chi connectivity index (χ2n) is 3.77. The highest BCUT2D eigenvalue weighted by molar-refractivity contribution is 7.99. The second-order valence-corrected chi connectivity index (χ2v) is 4.92. The number of methoxy groups -OCH3 is 1. The molecule has 0 fully saturated rings. The van der Waals surface area contributed by atoms with Gasteiger partial charge in [-0.1, -0.05) is 0 Å². The Morgan fingerprint density at radius 1 is 1.40 bits per heavy atom. The van der Waals surface area contributed by atoms with E-state index in [2.05, 4.69) is 5.32 Å². The van der Waals surface area contributed by atoms with Crippen LogP contribution in [0.15, 0.2) is 24.3 Å². The molecule has 0 radical (unpaired) electrons. The van der Waals surface area contributed by atoms with Crippen molar-refractivity contribution in [2.24, 2.45) is 0 Å². The highest BCUT2D eigenvalue weighted by Gasteiger charge is 2.15. The third-order valence-electron chi connectivity index (χ3n) is 2.41. The third kappa shape index (κ3) is 5.83. The molecule has 110 valence electrons. The number of rotatable bonds is 10. The molecule has 7 heteroatoms. The van der Waals surface area contributed by atoms with Gasteiger partial charge >= 0.3 is 5.97 Å². The molecule has 0 aromatic heterocycles. The molecule has 0 aliphatic heterocycles. The van der Waals surface area contributed by atoms with Gasteiger partial charge in [-0.05, 0) is 24.3 Å². The summed E-state index contributed by atoms with van der Waals surface area (Å²) in [4.78, 5) is 21.0. The molecule has 0 saturated heterocycles. The number of hydrogen-bond acceptors (Lipinski definition) is 5. The molecule has 20 heavy (non-hydrogen) atoms. The molecule has 0 aliphatic rings. The predicted octanol–water partition coefficient (Wildman–Crippen LogP) is 1.01. The Hall–Kier alpha value is -1.89. The molecule has 1 amide bonds. The number of nitrogens with one attached hydrogen (secondary N) is 1. The first-order chi connectivity index (χ1) is 9.67. The Bertz CT molecular complexity index is 423. The van der Waals surface area contributed by atoms with E-state index < -0.39 is 12.0 Å². The Morgan fingerprint density at radius 3 is 2.60 bits per heavy atom. The maximum Gasteiger partial charge on any atom is 0.327 e. The van der Waals surface area contributed by atoms with Crippen molar-refractivity contribution in [1.29, 1.82) is 0 Å². The third-order valence-corrected chi connectivity index (χ3v) is 3.43. The fourth-order valence-electron chi connectivity index (χ4n) is 1.36. The summed E-state index contributed by atoms with van der Waals surface area (Å²) < 4.78 is 10.5. The number of carbonyl (C=O) groups excluding carboxylic acids is 1. The van der Waals surface area contributed by atoms with Crippen LogP contribution in [0.3, 0.4) is 0 Å². The van der Waals surface area contributed by atoms with E-state index in [1.54, 1.807) is 31.4 Å². The number of carboxylic acid groups (broad SMARTS) is 1. The smallest absolute Gasteiger partial charge is 0.327 e. The van der Waals surface area contributed by atoms with Gasteiger partial charge in [-0.25, -0.2) is 4.79 Å². The molecule has 1 aromatic carbocycles. The van der Waals surface area contributed by atoms with Crippen molar-refractivity contribution in [2.45, 2.75) is 6.04 Å². The zero-order valence-corrected chi connectivity index (χ0v) is 11.9. The number of thioether (sulfide) groups is 1. The summed E-state index contributed by atoms with van der Waals surface area (Å²) in [5.41, 5.74) is 0. The van der Waals surface area contributed by atoms with Crippen molar-refractivity contribution in [3.63, 3.8) is 0 Å². The van der Waals surface area contributed by atoms with Gasteiger partial charge in [0.1, 0.15) is 17.5 Å². The van der Waals surface area contributed by atoms with Crippen LogP contribution in [0.5, 0.6) is 11.5 Å². The summed E-state index contributed by atoms with van der Waals surface area (Å²) in [5, 5.41) is 11.1. The molecular formula is C13H17NO5S. The summed E-state index contributed by atoms with van der Waals surface area (Å²) in [5.74, 6) is 1.39. The highest BCUT2D eigenvalue weighted by atomic mass is 32.2. The number of carboxylic acids is 1. The molecule has 0 spiro atoms. The number of aliphatic carboxylic acids is 1. The van der Waals surface area contributed by atoms with E-state index in [1.165, 1.54) is 11.8 Å². The molecule has 1 aromatic rings. The summed E-state index contributed by atoms with van der Waals surface area (Å²) in [6.07, 6.45) is 0.396. The molecule has 2 N–H and O–H groups in total. The van der Waals surface area contributed by atoms with Gasteiger partial charge in [0.25, 0.3) is 0 Å². The summed E-state index contributed by atoms with van der Waals surface area (Å²) in [6, 6.07) is 6.35. The Labute approximate surface area is 121 Å². The van der Waals surface area contributed by atoms with Crippen LogP contribution in [0.25, 0.3) is 0 Å². The molecule has 0 saturated carbocycles. The molecule has 1 atom stereocenters. The molecular weight excluding hydrogens is 282 g/mol. The molecule has 0 bridgehead atoms. The Balaban J connectivity index is 2.20. The van der Waals surface area contributed by atoms with E-state index in [4.69, 9.17) is 14.6 Å². The van der Waals surface area contributed by atoms with Gasteiger partial charge < -0.3 is 19.9 Å². The lowest BCUT2D eigenvalue weighted by Gasteiger charge is -2.11. The zero-order chi connectivity index (χ0) is 14.8. The van der Waals surface area contributed by atoms with Crippen molar-refractivity contribution in [1.82, 2.24) is 5.32 Å². The topological polar surface area (TPSA) is 84.9 Å². The van der Waals surface area contributed by atoms with Crippen molar-refractivity contribution in [3.05, 3.63) is 24.3 Å². The van der Waals surface area contributed by atoms with Gasteiger partial charge in [-0.15, -0.1) is 0 Å². The molecule has 6 nitrogen and oxygen atoms in total. The number of ether oxygens (including phenoxy) is 2. The summed E-state index contributed by atoms with van der Waals surface area (Å²) >= 11 is 1.40. The molecule has 0 heterocycles. The number of amides is 1. The van der Waals surface area contributed by atoms with Gasteiger partial charge in [0.2, 0.25) is 6.41 Å². The first kappa shape index (κ1) is 16.2. The Morgan fingerprint density at radius 2 is 2.05 bits per heavy atom. The fourth-order valence-corrected chi connectivity index (χ4v) is 2.21. The van der Waals surface area contributed by atoms with Crippen LogP contribution in [0.4, 0.5) is 0 Å². The Kier molecular flexibility index (Phi) is 7.34. The summed E-state index contributed by atoms with van der Waals surface area (Å²) in [7, 11) is 1.60. The molecule has 1 rings (SSSR count). The van der Waals surface area contributed by atoms with Crippen molar-refractivity contribution in [3.8, 4) is 11.5 Å². The van der Waals surface area contributed by atoms with E-state index >= 15 is 0 Å². The van der Waals surface area contributed by atoms with Gasteiger partial charge in [0, 0.05) is 11.5 Å². The minimum absolute atomic E-state index is 0.306. The molecule has 0 aliphatic carbocycles. The second kappa shape index (κ2) is 9.08. The monoisotopic (exact) mass is 299 g/mol. The van der Waals surface area contributed by atoms with Crippen LogP contribution in [0, 0.1) is 0 Å². The maximum absolute atomic E-state index is 10.8. The van der Waals surface area contributed by atoms with Gasteiger partial charge in [0.05, 0.1) is 13.7 Å². The van der Waals surface area contributed by atoms with Crippen LogP contribution in [-0.4, -0.2) is 48.8 Å². The zero-order valence-electron chi connectivity index (χ0n) is 11.1. The van der Waals surface area contributed by atoms with Crippen molar-refractivity contribution in [2.75, 3.05) is 25.2 Å². The molecule has 1 unspecified atom stereocenters. The normalized spacial score (nSPS) is 11.4. The minimum atomic E-state index is -1.04. The van der Waals surface area contributed by atoms with Crippen molar-refractivity contribution < 1.29 is 24.2 Å². The van der Waals surface area contributed by atoms with Crippen LogP contribution >= 0.6 is 11.8 Å². The van der Waals surface area contributed by atoms with E-state index in [0.717, 1.165) is 11.5 Å². The lowest BCUT2D eigenvalue weighted by Crippen LogP contribution is -2.38. The van der Waals surface area contributed by atoms with E-state index in [-0.39, 0.29) is 0 Å². The first-order valence-electron chi connectivity index (χ1n) is 5.94. The SMILES string of the molecule is COc1ccc(OCCSCC(NC=O)C(=O)O)cc1. The van der Waals surface area contributed by atoms with E-state index in [1.807, 2.05) is 0 Å². The minimum Gasteiger partial charge on any atom is -0.497 e. The van der Waals surface area contributed by atoms with Crippen LogP contribution in [0.1, 0.15) is 0 Å². The predicted molar refractivity (Wildman–Crippen MR) is 76.4 cm³/mol. The quantitative estimate of drug-likeness (QED) is 0.495. The lowest BCUT2D eigenvalue weighted by molar-refractivity contribution is -0.139. The highest BCUT2D eigenvalue weighted by Crippen LogP contribution is 2.17. The van der Waals surface area contributed by atoms with Gasteiger partial charge in [-0.2, -0.15) is 11.8 Å². The van der Waals surface area contributed by atoms with Crippen molar-refractivity contribution >= 4 is 24.1 Å². The summed E-state index contributed by atoms with van der Waals surface area (Å²) in [6.45, 7) is 0.463. The van der Waals surface area contributed by atoms with Crippen LogP contribution < -0.4 is 14.8 Å². The van der Waals surface area contributed by atoms with Crippen LogP contribution in [0.2, 0.25) is 0 Å². The van der Waals surface area contributed by atoms with E-state index in [0.29, 0.717) is 24.5 Å². The first-order valence-corrected chi connectivity index (χ1v) is 7.10. The maximum atomic E-state index is 10.8. The van der Waals surface area contributed by atoms with Crippen LogP contribution in [-0.2, 0) is 9.59 Å². The number of hydrogen-bond donors (Lipinski definition) is 2. The number of carbonyl (C=O) groups is 2. The lowest BCUT2D eigenvalue weighted by atomic mass is 10.3. The fraction of sp³-hybridized carbons (Fsp3) is 0.385.